The molecule has 6 rings (SSSR count). The van der Waals surface area contributed by atoms with Crippen molar-refractivity contribution in [3.63, 3.8) is 0 Å². The molecule has 168 valence electrons. The van der Waals surface area contributed by atoms with E-state index in [1.54, 1.807) is 72.8 Å². The quantitative estimate of drug-likeness (QED) is 0.446. The first kappa shape index (κ1) is 20.5. The molecular weight excluding hydrogens is 434 g/mol. The maximum atomic E-state index is 13.8. The van der Waals surface area contributed by atoms with E-state index in [-0.39, 0.29) is 11.1 Å². The molecule has 2 amide bonds. The van der Waals surface area contributed by atoms with Crippen LogP contribution in [0.3, 0.4) is 0 Å². The minimum Gasteiger partial charge on any atom is -0.497 e. The molecule has 0 N–H and O–H groups in total. The molecule has 3 aromatic carbocycles. The number of anilines is 1. The lowest BCUT2D eigenvalue weighted by Gasteiger charge is -2.27. The molecule has 0 saturated carbocycles. The molecule has 0 radical (unpaired) electrons. The number of Topliss-reactive ketones (excluding diaryl/α,β-unsaturated/α-hetero) is 2. The Hall–Kier alpha value is -4.10. The number of benzene rings is 3. The number of nitrogens with zero attached hydrogens (tertiary/aromatic N) is 1. The van der Waals surface area contributed by atoms with E-state index in [9.17, 15) is 19.2 Å². The number of amides is 2. The Labute approximate surface area is 194 Å². The SMILES string of the molecule is COc1ccc(N2C(=O)[C@@H]3[C@@H](c4ccccc4)OC4(C(=O)c5ccccc5C4=O)[C@H]3C2=O)cc1. The lowest BCUT2D eigenvalue weighted by atomic mass is 9.77. The fourth-order valence-corrected chi connectivity index (χ4v) is 5.45. The Morgan fingerprint density at radius 1 is 0.765 bits per heavy atom. The zero-order valence-electron chi connectivity index (χ0n) is 18.1. The average Bonchev–Trinajstić information content (AvgIpc) is 3.45. The third-order valence-corrected chi connectivity index (χ3v) is 6.98. The smallest absolute Gasteiger partial charge is 0.241 e. The third kappa shape index (κ3) is 2.50. The Balaban J connectivity index is 1.52. The summed E-state index contributed by atoms with van der Waals surface area (Å²) in [4.78, 5) is 56.0. The maximum absolute atomic E-state index is 13.8. The highest BCUT2D eigenvalue weighted by Gasteiger charge is 2.74. The van der Waals surface area contributed by atoms with Crippen LogP contribution in [0, 0.1) is 11.8 Å². The molecule has 7 nitrogen and oxygen atoms in total. The lowest BCUT2D eigenvalue weighted by molar-refractivity contribution is -0.127. The first-order valence-electron chi connectivity index (χ1n) is 10.9. The van der Waals surface area contributed by atoms with Crippen molar-refractivity contribution in [3.8, 4) is 5.75 Å². The van der Waals surface area contributed by atoms with Gasteiger partial charge in [0.1, 0.15) is 5.75 Å². The second-order valence-corrected chi connectivity index (χ2v) is 8.60. The topological polar surface area (TPSA) is 90.0 Å². The van der Waals surface area contributed by atoms with Crippen molar-refractivity contribution in [2.24, 2.45) is 11.8 Å². The lowest BCUT2D eigenvalue weighted by Crippen LogP contribution is -2.51. The normalized spacial score (nSPS) is 24.6. The van der Waals surface area contributed by atoms with Crippen molar-refractivity contribution < 1.29 is 28.7 Å². The Bertz CT molecular complexity index is 1330. The summed E-state index contributed by atoms with van der Waals surface area (Å²) in [7, 11) is 1.52. The number of hydrogen-bond acceptors (Lipinski definition) is 6. The van der Waals surface area contributed by atoms with Crippen LogP contribution in [0.15, 0.2) is 78.9 Å². The number of hydrogen-bond donors (Lipinski definition) is 0. The van der Waals surface area contributed by atoms with E-state index < -0.39 is 46.9 Å². The number of fused-ring (bicyclic) bond motifs is 3. The average molecular weight is 453 g/mol. The predicted molar refractivity (Wildman–Crippen MR) is 121 cm³/mol. The fraction of sp³-hybridized carbons (Fsp3) is 0.185. The van der Waals surface area contributed by atoms with Gasteiger partial charge in [-0.25, -0.2) is 4.90 Å². The predicted octanol–water partition coefficient (Wildman–Crippen LogP) is 3.39. The summed E-state index contributed by atoms with van der Waals surface area (Å²) in [6.45, 7) is 0. The highest BCUT2D eigenvalue weighted by atomic mass is 16.5. The van der Waals surface area contributed by atoms with Gasteiger partial charge >= 0.3 is 0 Å². The Kier molecular flexibility index (Phi) is 4.34. The van der Waals surface area contributed by atoms with Crippen molar-refractivity contribution in [2.75, 3.05) is 12.0 Å². The molecule has 0 bridgehead atoms. The van der Waals surface area contributed by atoms with Crippen molar-refractivity contribution in [1.29, 1.82) is 0 Å². The molecule has 2 heterocycles. The molecule has 0 aromatic heterocycles. The fourth-order valence-electron chi connectivity index (χ4n) is 5.45. The molecule has 7 heteroatoms. The number of carbonyl (C=O) groups excluding carboxylic acids is 4. The van der Waals surface area contributed by atoms with Crippen molar-refractivity contribution >= 4 is 29.1 Å². The van der Waals surface area contributed by atoms with Crippen LogP contribution in [-0.4, -0.2) is 36.1 Å². The van der Waals surface area contributed by atoms with E-state index >= 15 is 0 Å². The standard InChI is InChI=1S/C27H19NO6/c1-33-17-13-11-16(12-14-17)28-25(31)20-21(26(28)32)27(34-22(20)15-7-3-2-4-8-15)23(29)18-9-5-6-10-19(18)24(27)30/h2-14,20-22H,1H3/t20-,21+,22+/m0/s1. The van der Waals surface area contributed by atoms with E-state index in [4.69, 9.17) is 9.47 Å². The highest BCUT2D eigenvalue weighted by molar-refractivity contribution is 6.37. The van der Waals surface area contributed by atoms with Crippen molar-refractivity contribution in [2.45, 2.75) is 11.7 Å². The van der Waals surface area contributed by atoms with Gasteiger partial charge < -0.3 is 9.47 Å². The first-order valence-corrected chi connectivity index (χ1v) is 10.9. The zero-order chi connectivity index (χ0) is 23.6. The van der Waals surface area contributed by atoms with Crippen LogP contribution in [-0.2, 0) is 14.3 Å². The summed E-state index contributed by atoms with van der Waals surface area (Å²) in [5.74, 6) is -3.96. The number of methoxy groups -OCH3 is 1. The van der Waals surface area contributed by atoms with E-state index in [2.05, 4.69) is 0 Å². The van der Waals surface area contributed by atoms with Gasteiger partial charge in [-0.05, 0) is 29.8 Å². The molecule has 1 aliphatic carbocycles. The van der Waals surface area contributed by atoms with Gasteiger partial charge in [0, 0.05) is 11.1 Å². The van der Waals surface area contributed by atoms with Crippen molar-refractivity contribution in [1.82, 2.24) is 0 Å². The van der Waals surface area contributed by atoms with Crippen LogP contribution < -0.4 is 9.64 Å². The summed E-state index contributed by atoms with van der Waals surface area (Å²) >= 11 is 0. The van der Waals surface area contributed by atoms with E-state index in [1.807, 2.05) is 6.07 Å². The molecular formula is C27H19NO6. The molecule has 34 heavy (non-hydrogen) atoms. The number of ketones is 2. The largest absolute Gasteiger partial charge is 0.497 e. The first-order chi connectivity index (χ1) is 16.5. The van der Waals surface area contributed by atoms with E-state index in [0.29, 0.717) is 17.0 Å². The Morgan fingerprint density at radius 2 is 1.35 bits per heavy atom. The molecule has 1 spiro atoms. The van der Waals surface area contributed by atoms with Gasteiger partial charge in [0.15, 0.2) is 0 Å². The van der Waals surface area contributed by atoms with Gasteiger partial charge in [-0.15, -0.1) is 0 Å². The highest BCUT2D eigenvalue weighted by Crippen LogP contribution is 2.57. The van der Waals surface area contributed by atoms with Crippen molar-refractivity contribution in [3.05, 3.63) is 95.6 Å². The molecule has 3 atom stereocenters. The summed E-state index contributed by atoms with van der Waals surface area (Å²) < 4.78 is 11.4. The maximum Gasteiger partial charge on any atom is 0.241 e. The number of ether oxygens (including phenoxy) is 2. The van der Waals surface area contributed by atoms with Crippen LogP contribution >= 0.6 is 0 Å². The van der Waals surface area contributed by atoms with Gasteiger partial charge in [0.05, 0.1) is 30.7 Å². The summed E-state index contributed by atoms with van der Waals surface area (Å²) in [6, 6.07) is 21.9. The molecule has 2 aliphatic heterocycles. The third-order valence-electron chi connectivity index (χ3n) is 6.98. The minimum absolute atomic E-state index is 0.211. The Morgan fingerprint density at radius 3 is 1.94 bits per heavy atom. The summed E-state index contributed by atoms with van der Waals surface area (Å²) in [6.07, 6.45) is -0.923. The summed E-state index contributed by atoms with van der Waals surface area (Å²) in [5.41, 5.74) is -0.666. The van der Waals surface area contributed by atoms with Gasteiger partial charge in [0.2, 0.25) is 29.0 Å². The van der Waals surface area contributed by atoms with Crippen LogP contribution in [0.25, 0.3) is 0 Å². The van der Waals surface area contributed by atoms with Gasteiger partial charge in [-0.2, -0.15) is 0 Å². The number of carbonyl (C=O) groups is 4. The molecule has 3 aromatic rings. The number of imide groups is 1. The number of rotatable bonds is 3. The second kappa shape index (κ2) is 7.20. The van der Waals surface area contributed by atoms with Gasteiger partial charge in [0.25, 0.3) is 0 Å². The minimum atomic E-state index is -2.07. The molecule has 2 fully saturated rings. The molecule has 0 unspecified atom stereocenters. The van der Waals surface area contributed by atoms with Crippen LogP contribution in [0.2, 0.25) is 0 Å². The monoisotopic (exact) mass is 453 g/mol. The second-order valence-electron chi connectivity index (χ2n) is 8.60. The van der Waals surface area contributed by atoms with E-state index in [0.717, 1.165) is 4.90 Å². The molecule has 3 aliphatic rings. The molecule has 2 saturated heterocycles. The van der Waals surface area contributed by atoms with Crippen LogP contribution in [0.4, 0.5) is 5.69 Å². The van der Waals surface area contributed by atoms with Gasteiger partial charge in [-0.1, -0.05) is 54.6 Å². The zero-order valence-corrected chi connectivity index (χ0v) is 18.1. The van der Waals surface area contributed by atoms with Crippen LogP contribution in [0.1, 0.15) is 32.4 Å². The van der Waals surface area contributed by atoms with E-state index in [1.165, 1.54) is 7.11 Å². The van der Waals surface area contributed by atoms with Crippen LogP contribution in [0.5, 0.6) is 5.75 Å². The summed E-state index contributed by atoms with van der Waals surface area (Å²) in [5, 5.41) is 0. The van der Waals surface area contributed by atoms with Gasteiger partial charge in [-0.3, -0.25) is 19.2 Å².